The fraction of sp³-hybridized carbons (Fsp3) is 0.333. The first-order valence-electron chi connectivity index (χ1n) is 10.5. The predicted molar refractivity (Wildman–Crippen MR) is 130 cm³/mol. The lowest BCUT2D eigenvalue weighted by molar-refractivity contribution is 0.194. The van der Waals surface area contributed by atoms with Gasteiger partial charge in [0.05, 0.1) is 18.9 Å². The van der Waals surface area contributed by atoms with E-state index < -0.39 is 11.6 Å². The van der Waals surface area contributed by atoms with Gasteiger partial charge in [-0.1, -0.05) is 11.6 Å². The number of nitrogens with two attached hydrogens (primary N) is 1. The average molecular weight is 494 g/mol. The molecule has 0 bridgehead atoms. The number of rotatable bonds is 11. The standard InChI is InChI=1S/C24H26ClF2N3O2S/c1-15(32-24-10-16(14-33-2)9-22(25)30-24)5-3-4-8-31-21-11-17(26)6-7-18(21)19-12-23(28)29-13-20(19)27/h6-7,9-13,15H,3-5,8,14H2,1-2H3,(H2,28,29)/t15-/m0/s1. The van der Waals surface area contributed by atoms with Crippen LogP contribution in [0.5, 0.6) is 11.6 Å². The van der Waals surface area contributed by atoms with Crippen LogP contribution in [0.3, 0.4) is 0 Å². The van der Waals surface area contributed by atoms with Gasteiger partial charge in [0, 0.05) is 29.0 Å². The number of unbranched alkanes of at least 4 members (excludes halogenated alkanes) is 1. The highest BCUT2D eigenvalue weighted by atomic mass is 35.5. The molecule has 0 aliphatic carbocycles. The molecule has 0 spiro atoms. The highest BCUT2D eigenvalue weighted by molar-refractivity contribution is 7.97. The molecule has 9 heteroatoms. The highest BCUT2D eigenvalue weighted by Gasteiger charge is 2.14. The van der Waals surface area contributed by atoms with Crippen LogP contribution in [0.15, 0.2) is 42.6 Å². The van der Waals surface area contributed by atoms with Crippen LogP contribution in [0.25, 0.3) is 11.1 Å². The summed E-state index contributed by atoms with van der Waals surface area (Å²) < 4.78 is 39.7. The van der Waals surface area contributed by atoms with E-state index in [4.69, 9.17) is 26.8 Å². The van der Waals surface area contributed by atoms with Gasteiger partial charge in [0.15, 0.2) is 0 Å². The maximum absolute atomic E-state index is 14.2. The smallest absolute Gasteiger partial charge is 0.215 e. The number of nitrogens with zero attached hydrogens (tertiary/aromatic N) is 2. The van der Waals surface area contributed by atoms with Crippen molar-refractivity contribution in [2.45, 2.75) is 38.0 Å². The van der Waals surface area contributed by atoms with E-state index >= 15 is 0 Å². The van der Waals surface area contributed by atoms with Crippen molar-refractivity contribution in [1.82, 2.24) is 9.97 Å². The minimum atomic E-state index is -0.554. The minimum absolute atomic E-state index is 0.0586. The van der Waals surface area contributed by atoms with Crippen molar-refractivity contribution in [3.05, 3.63) is 64.9 Å². The summed E-state index contributed by atoms with van der Waals surface area (Å²) in [6.07, 6.45) is 5.32. The van der Waals surface area contributed by atoms with Crippen molar-refractivity contribution in [3.8, 4) is 22.8 Å². The number of thioether (sulfide) groups is 1. The summed E-state index contributed by atoms with van der Waals surface area (Å²) in [5.41, 5.74) is 7.39. The maximum Gasteiger partial charge on any atom is 0.215 e. The maximum atomic E-state index is 14.2. The molecule has 3 rings (SSSR count). The SMILES string of the molecule is CSCc1cc(Cl)nc(O[C@@H](C)CCCCOc2cc(F)ccc2-c2cc(N)ncc2F)c1. The monoisotopic (exact) mass is 493 g/mol. The van der Waals surface area contributed by atoms with Crippen LogP contribution >= 0.6 is 23.4 Å². The van der Waals surface area contributed by atoms with Gasteiger partial charge in [-0.05, 0) is 62.3 Å². The Kier molecular flexibility index (Phi) is 9.14. The first-order valence-corrected chi connectivity index (χ1v) is 12.3. The molecule has 1 aromatic carbocycles. The zero-order valence-electron chi connectivity index (χ0n) is 18.5. The summed E-state index contributed by atoms with van der Waals surface area (Å²) >= 11 is 7.78. The molecule has 0 saturated carbocycles. The van der Waals surface area contributed by atoms with Crippen LogP contribution in [0.2, 0.25) is 5.15 Å². The van der Waals surface area contributed by atoms with E-state index in [9.17, 15) is 8.78 Å². The third-order valence-corrected chi connectivity index (χ3v) is 5.65. The Morgan fingerprint density at radius 2 is 1.94 bits per heavy atom. The van der Waals surface area contributed by atoms with Gasteiger partial charge in [-0.3, -0.25) is 0 Å². The third kappa shape index (κ3) is 7.47. The van der Waals surface area contributed by atoms with Crippen molar-refractivity contribution < 1.29 is 18.3 Å². The highest BCUT2D eigenvalue weighted by Crippen LogP contribution is 2.33. The molecule has 176 valence electrons. The Morgan fingerprint density at radius 3 is 2.73 bits per heavy atom. The van der Waals surface area contributed by atoms with Crippen molar-refractivity contribution >= 4 is 29.2 Å². The summed E-state index contributed by atoms with van der Waals surface area (Å²) in [6, 6.07) is 9.11. The molecule has 0 aliphatic heterocycles. The molecule has 5 nitrogen and oxygen atoms in total. The van der Waals surface area contributed by atoms with Gasteiger partial charge in [-0.25, -0.2) is 18.7 Å². The largest absolute Gasteiger partial charge is 0.493 e. The lowest BCUT2D eigenvalue weighted by Gasteiger charge is -2.15. The first kappa shape index (κ1) is 25.1. The van der Waals surface area contributed by atoms with Crippen molar-refractivity contribution in [2.24, 2.45) is 0 Å². The van der Waals surface area contributed by atoms with E-state index in [0.29, 0.717) is 29.6 Å². The Bertz CT molecular complexity index is 1090. The number of halogens is 3. The molecule has 0 radical (unpaired) electrons. The van der Waals surface area contributed by atoms with Crippen molar-refractivity contribution in [1.29, 1.82) is 0 Å². The van der Waals surface area contributed by atoms with Gasteiger partial charge >= 0.3 is 0 Å². The molecular weight excluding hydrogens is 468 g/mol. The number of hydrogen-bond donors (Lipinski definition) is 1. The second-order valence-corrected chi connectivity index (χ2v) is 8.82. The first-order chi connectivity index (χ1) is 15.9. The van der Waals surface area contributed by atoms with Crippen LogP contribution in [-0.2, 0) is 5.75 Å². The van der Waals surface area contributed by atoms with Crippen molar-refractivity contribution in [2.75, 3.05) is 18.6 Å². The molecule has 1 atom stereocenters. The number of hydrogen-bond acceptors (Lipinski definition) is 6. The molecule has 2 aromatic heterocycles. The van der Waals surface area contributed by atoms with E-state index in [-0.39, 0.29) is 23.2 Å². The van der Waals surface area contributed by atoms with Crippen LogP contribution in [0.4, 0.5) is 14.6 Å². The van der Waals surface area contributed by atoms with Gasteiger partial charge in [0.2, 0.25) is 5.88 Å². The summed E-state index contributed by atoms with van der Waals surface area (Å²) in [6.45, 7) is 2.32. The van der Waals surface area contributed by atoms with Gasteiger partial charge in [-0.15, -0.1) is 0 Å². The van der Waals surface area contributed by atoms with E-state index in [0.717, 1.165) is 30.4 Å². The molecule has 0 unspecified atom stereocenters. The number of ether oxygens (including phenoxy) is 2. The Labute approximate surface area is 201 Å². The van der Waals surface area contributed by atoms with Gasteiger partial charge < -0.3 is 15.2 Å². The summed E-state index contributed by atoms with van der Waals surface area (Å²) in [5.74, 6) is 0.759. The normalized spacial score (nSPS) is 11.9. The summed E-state index contributed by atoms with van der Waals surface area (Å²) in [4.78, 5) is 7.96. The third-order valence-electron chi connectivity index (χ3n) is 4.84. The number of aromatic nitrogens is 2. The van der Waals surface area contributed by atoms with Gasteiger partial charge in [-0.2, -0.15) is 11.8 Å². The molecule has 0 aliphatic rings. The molecule has 0 amide bonds. The molecule has 33 heavy (non-hydrogen) atoms. The summed E-state index contributed by atoms with van der Waals surface area (Å²) in [7, 11) is 0. The van der Waals surface area contributed by atoms with Gasteiger partial charge in [0.1, 0.15) is 28.4 Å². The number of pyridine rings is 2. The fourth-order valence-corrected chi connectivity index (χ4v) is 4.04. The topological polar surface area (TPSA) is 70.3 Å². The second kappa shape index (κ2) is 12.0. The number of benzene rings is 1. The van der Waals surface area contributed by atoms with E-state index in [1.54, 1.807) is 11.8 Å². The quantitative estimate of drug-likeness (QED) is 0.241. The molecule has 2 N–H and O–H groups in total. The van der Waals surface area contributed by atoms with Crippen LogP contribution in [0.1, 0.15) is 31.7 Å². The van der Waals surface area contributed by atoms with Crippen molar-refractivity contribution in [3.63, 3.8) is 0 Å². The molecular formula is C24H26ClF2N3O2S. The predicted octanol–water partition coefficient (Wildman–Crippen LogP) is 6.54. The minimum Gasteiger partial charge on any atom is -0.493 e. The molecule has 0 saturated heterocycles. The van der Waals surface area contributed by atoms with Gasteiger partial charge in [0.25, 0.3) is 0 Å². The Hall–Kier alpha value is -2.58. The number of nitrogen functional groups attached to an aromatic ring is 1. The second-order valence-electron chi connectivity index (χ2n) is 7.57. The zero-order valence-corrected chi connectivity index (χ0v) is 20.1. The Morgan fingerprint density at radius 1 is 1.12 bits per heavy atom. The zero-order chi connectivity index (χ0) is 23.8. The van der Waals surface area contributed by atoms with Crippen LogP contribution < -0.4 is 15.2 Å². The summed E-state index contributed by atoms with van der Waals surface area (Å²) in [5, 5.41) is 0.412. The van der Waals surface area contributed by atoms with Crippen LogP contribution in [0, 0.1) is 11.6 Å². The Balaban J connectivity index is 1.52. The lowest BCUT2D eigenvalue weighted by atomic mass is 10.0. The van der Waals surface area contributed by atoms with Crippen LogP contribution in [-0.4, -0.2) is 28.9 Å². The lowest BCUT2D eigenvalue weighted by Crippen LogP contribution is -2.13. The average Bonchev–Trinajstić information content (AvgIpc) is 2.75. The van der Waals surface area contributed by atoms with E-state index in [2.05, 4.69) is 9.97 Å². The molecule has 3 aromatic rings. The fourth-order valence-electron chi connectivity index (χ4n) is 3.31. The van der Waals surface area contributed by atoms with E-state index in [1.807, 2.05) is 25.3 Å². The molecule has 0 fully saturated rings. The molecule has 2 heterocycles. The van der Waals surface area contributed by atoms with E-state index in [1.165, 1.54) is 24.3 Å². The number of anilines is 1.